The molecule has 2 N–H and O–H groups in total. The van der Waals surface area contributed by atoms with E-state index in [0.29, 0.717) is 25.0 Å². The molecule has 0 aliphatic rings. The molecule has 0 amide bonds. The lowest BCUT2D eigenvalue weighted by Gasteiger charge is -2.39. The van der Waals surface area contributed by atoms with Crippen LogP contribution in [0, 0.1) is 5.92 Å². The number of nitrogens with two attached hydrogens (primary N) is 1. The van der Waals surface area contributed by atoms with Gasteiger partial charge in [0.2, 0.25) is 0 Å². The normalized spacial score (nSPS) is 16.3. The Balaban J connectivity index is 4.94. The second-order valence-electron chi connectivity index (χ2n) is 6.75. The Morgan fingerprint density at radius 2 is 1.71 bits per heavy atom. The van der Waals surface area contributed by atoms with Crippen LogP contribution in [0.5, 0.6) is 0 Å². The van der Waals surface area contributed by atoms with Crippen molar-refractivity contribution >= 4 is 5.97 Å². The van der Waals surface area contributed by atoms with Gasteiger partial charge in [-0.05, 0) is 46.0 Å². The van der Waals surface area contributed by atoms with Gasteiger partial charge < -0.3 is 10.5 Å². The molecule has 0 aliphatic carbocycles. The first kappa shape index (κ1) is 20.4. The summed E-state index contributed by atoms with van der Waals surface area (Å²) in [6.45, 7) is 16.1. The minimum absolute atomic E-state index is 0.261. The SMILES string of the molecule is CCOC(=O)C(C)(N)CC(C)N(CC(C)C)C(CC)CC. The van der Waals surface area contributed by atoms with Gasteiger partial charge in [-0.1, -0.05) is 27.7 Å². The third-order valence-electron chi connectivity index (χ3n) is 4.01. The Labute approximate surface area is 131 Å². The molecule has 0 saturated heterocycles. The summed E-state index contributed by atoms with van der Waals surface area (Å²) in [5.74, 6) is 0.297. The van der Waals surface area contributed by atoms with Gasteiger partial charge in [0.15, 0.2) is 0 Å². The van der Waals surface area contributed by atoms with E-state index in [4.69, 9.17) is 10.5 Å². The molecule has 0 fully saturated rings. The van der Waals surface area contributed by atoms with Crippen LogP contribution < -0.4 is 5.73 Å². The summed E-state index contributed by atoms with van der Waals surface area (Å²) in [7, 11) is 0. The Hall–Kier alpha value is -0.610. The van der Waals surface area contributed by atoms with Crippen molar-refractivity contribution in [2.45, 2.75) is 85.4 Å². The highest BCUT2D eigenvalue weighted by atomic mass is 16.5. The maximum Gasteiger partial charge on any atom is 0.325 e. The lowest BCUT2D eigenvalue weighted by molar-refractivity contribution is -0.149. The van der Waals surface area contributed by atoms with E-state index in [-0.39, 0.29) is 12.0 Å². The van der Waals surface area contributed by atoms with Crippen LogP contribution in [0.1, 0.15) is 67.7 Å². The van der Waals surface area contributed by atoms with E-state index in [9.17, 15) is 4.79 Å². The topological polar surface area (TPSA) is 55.6 Å². The maximum absolute atomic E-state index is 12.0. The number of rotatable bonds is 10. The summed E-state index contributed by atoms with van der Waals surface area (Å²) < 4.78 is 5.10. The first-order valence-electron chi connectivity index (χ1n) is 8.41. The van der Waals surface area contributed by atoms with E-state index >= 15 is 0 Å². The van der Waals surface area contributed by atoms with Gasteiger partial charge in [0.05, 0.1) is 6.61 Å². The monoisotopic (exact) mass is 300 g/mol. The molecule has 2 atom stereocenters. The van der Waals surface area contributed by atoms with Gasteiger partial charge in [0, 0.05) is 18.6 Å². The quantitative estimate of drug-likeness (QED) is 0.630. The first-order chi connectivity index (χ1) is 9.69. The zero-order valence-corrected chi connectivity index (χ0v) is 15.1. The Kier molecular flexibility index (Phi) is 9.14. The van der Waals surface area contributed by atoms with Crippen LogP contribution >= 0.6 is 0 Å². The third-order valence-corrected chi connectivity index (χ3v) is 4.01. The minimum Gasteiger partial charge on any atom is -0.465 e. The van der Waals surface area contributed by atoms with Crippen LogP contribution in [0.2, 0.25) is 0 Å². The molecule has 0 aromatic heterocycles. The fraction of sp³-hybridized carbons (Fsp3) is 0.941. The Morgan fingerprint density at radius 1 is 1.19 bits per heavy atom. The molecule has 4 heteroatoms. The van der Waals surface area contributed by atoms with E-state index in [0.717, 1.165) is 19.4 Å². The van der Waals surface area contributed by atoms with Crippen LogP contribution in [-0.2, 0) is 9.53 Å². The fourth-order valence-electron chi connectivity index (χ4n) is 2.98. The van der Waals surface area contributed by atoms with Crippen LogP contribution in [-0.4, -0.2) is 41.6 Å². The molecule has 4 nitrogen and oxygen atoms in total. The van der Waals surface area contributed by atoms with E-state index in [2.05, 4.69) is 39.5 Å². The summed E-state index contributed by atoms with van der Waals surface area (Å²) in [6.07, 6.45) is 2.86. The smallest absolute Gasteiger partial charge is 0.325 e. The standard InChI is InChI=1S/C17H36N2O2/c1-8-15(9-2)19(12-13(4)5)14(6)11-17(7,18)16(20)21-10-3/h13-15H,8-12,18H2,1-7H3. The number of esters is 1. The van der Waals surface area contributed by atoms with Crippen LogP contribution in [0.3, 0.4) is 0 Å². The van der Waals surface area contributed by atoms with Crippen LogP contribution in [0.25, 0.3) is 0 Å². The van der Waals surface area contributed by atoms with Gasteiger partial charge in [-0.2, -0.15) is 0 Å². The maximum atomic E-state index is 12.0. The molecule has 0 aromatic carbocycles. The second-order valence-corrected chi connectivity index (χ2v) is 6.75. The minimum atomic E-state index is -0.920. The highest BCUT2D eigenvalue weighted by molar-refractivity contribution is 5.80. The Bertz CT molecular complexity index is 299. The highest BCUT2D eigenvalue weighted by Crippen LogP contribution is 2.21. The zero-order chi connectivity index (χ0) is 16.6. The molecule has 0 heterocycles. The molecule has 126 valence electrons. The average Bonchev–Trinajstić information content (AvgIpc) is 2.38. The lowest BCUT2D eigenvalue weighted by atomic mass is 9.92. The molecule has 0 saturated carbocycles. The molecular formula is C17H36N2O2. The lowest BCUT2D eigenvalue weighted by Crippen LogP contribution is -2.53. The Morgan fingerprint density at radius 3 is 2.10 bits per heavy atom. The van der Waals surface area contributed by atoms with Crippen LogP contribution in [0.15, 0.2) is 0 Å². The van der Waals surface area contributed by atoms with Crippen molar-refractivity contribution in [3.8, 4) is 0 Å². The number of nitrogens with zero attached hydrogens (tertiary/aromatic N) is 1. The van der Waals surface area contributed by atoms with E-state index in [1.165, 1.54) is 0 Å². The largest absolute Gasteiger partial charge is 0.465 e. The zero-order valence-electron chi connectivity index (χ0n) is 15.1. The first-order valence-corrected chi connectivity index (χ1v) is 8.41. The summed E-state index contributed by atoms with van der Waals surface area (Å²) in [5.41, 5.74) is 5.28. The number of hydrogen-bond acceptors (Lipinski definition) is 4. The third kappa shape index (κ3) is 6.79. The molecule has 0 rings (SSSR count). The van der Waals surface area contributed by atoms with Crippen molar-refractivity contribution in [1.29, 1.82) is 0 Å². The van der Waals surface area contributed by atoms with Gasteiger partial charge in [0.25, 0.3) is 0 Å². The predicted octanol–water partition coefficient (Wildman–Crippen LogP) is 3.19. The van der Waals surface area contributed by atoms with Gasteiger partial charge in [-0.25, -0.2) is 0 Å². The molecule has 2 unspecified atom stereocenters. The molecule has 21 heavy (non-hydrogen) atoms. The molecular weight excluding hydrogens is 264 g/mol. The number of ether oxygens (including phenoxy) is 1. The summed E-state index contributed by atoms with van der Waals surface area (Å²) >= 11 is 0. The van der Waals surface area contributed by atoms with Gasteiger partial charge in [-0.15, -0.1) is 0 Å². The fourth-order valence-corrected chi connectivity index (χ4v) is 2.98. The number of carbonyl (C=O) groups excluding carboxylic acids is 1. The summed E-state index contributed by atoms with van der Waals surface area (Å²) in [5, 5.41) is 0. The van der Waals surface area contributed by atoms with Gasteiger partial charge >= 0.3 is 5.97 Å². The van der Waals surface area contributed by atoms with Gasteiger partial charge in [-0.3, -0.25) is 9.69 Å². The van der Waals surface area contributed by atoms with Gasteiger partial charge in [0.1, 0.15) is 5.54 Å². The molecule has 0 spiro atoms. The van der Waals surface area contributed by atoms with E-state index in [1.807, 2.05) is 6.92 Å². The molecule has 0 aromatic rings. The van der Waals surface area contributed by atoms with Crippen molar-refractivity contribution in [2.75, 3.05) is 13.2 Å². The second kappa shape index (κ2) is 9.42. The van der Waals surface area contributed by atoms with Crippen molar-refractivity contribution in [1.82, 2.24) is 4.90 Å². The van der Waals surface area contributed by atoms with Crippen molar-refractivity contribution in [3.05, 3.63) is 0 Å². The number of hydrogen-bond donors (Lipinski definition) is 1. The highest BCUT2D eigenvalue weighted by Gasteiger charge is 2.34. The molecule has 0 radical (unpaired) electrons. The summed E-state index contributed by atoms with van der Waals surface area (Å²) in [6, 6.07) is 0.803. The van der Waals surface area contributed by atoms with E-state index in [1.54, 1.807) is 6.92 Å². The molecule has 0 bridgehead atoms. The number of carbonyl (C=O) groups is 1. The molecule has 0 aliphatic heterocycles. The van der Waals surface area contributed by atoms with E-state index < -0.39 is 5.54 Å². The summed E-state index contributed by atoms with van der Waals surface area (Å²) in [4.78, 5) is 14.5. The van der Waals surface area contributed by atoms with Crippen molar-refractivity contribution < 1.29 is 9.53 Å². The van der Waals surface area contributed by atoms with Crippen molar-refractivity contribution in [3.63, 3.8) is 0 Å². The van der Waals surface area contributed by atoms with Crippen LogP contribution in [0.4, 0.5) is 0 Å². The predicted molar refractivity (Wildman–Crippen MR) is 89.2 cm³/mol. The van der Waals surface area contributed by atoms with Crippen molar-refractivity contribution in [2.24, 2.45) is 11.7 Å². The average molecular weight is 300 g/mol.